The number of carbonyl (C=O) groups excluding carboxylic acids is 1. The van der Waals surface area contributed by atoms with Crippen LogP contribution in [0.15, 0.2) is 48.5 Å². The minimum Gasteiger partial charge on any atom is -0.349 e. The number of fused-ring (bicyclic) bond motifs is 1. The molecule has 0 saturated carbocycles. The van der Waals surface area contributed by atoms with E-state index in [1.54, 1.807) is 0 Å². The molecule has 5 heteroatoms. The van der Waals surface area contributed by atoms with Crippen LogP contribution >= 0.6 is 11.6 Å². The molecule has 1 aromatic heterocycles. The second kappa shape index (κ2) is 7.75. The van der Waals surface area contributed by atoms with Gasteiger partial charge in [0.15, 0.2) is 0 Å². The van der Waals surface area contributed by atoms with Crippen molar-refractivity contribution in [2.24, 2.45) is 5.92 Å². The summed E-state index contributed by atoms with van der Waals surface area (Å²) in [5.74, 6) is 0.679. The van der Waals surface area contributed by atoms with Gasteiger partial charge in [0, 0.05) is 17.6 Å². The zero-order chi connectivity index (χ0) is 18.8. The number of rotatable bonds is 4. The lowest BCUT2D eigenvalue weighted by Crippen LogP contribution is -2.32. The summed E-state index contributed by atoms with van der Waals surface area (Å²) < 4.78 is 0. The number of H-pyrrole nitrogens is 1. The molecular formula is C22H24ClN3O. The highest BCUT2D eigenvalue weighted by molar-refractivity contribution is 6.35. The predicted molar refractivity (Wildman–Crippen MR) is 111 cm³/mol. The maximum absolute atomic E-state index is 12.5. The Kier molecular flexibility index (Phi) is 5.19. The Labute approximate surface area is 164 Å². The Bertz CT molecular complexity index is 940. The normalized spacial score (nSPS) is 15.9. The molecule has 0 spiro atoms. The number of likely N-dealkylation sites (tertiary alicyclic amines) is 1. The summed E-state index contributed by atoms with van der Waals surface area (Å²) >= 11 is 6.17. The van der Waals surface area contributed by atoms with Crippen molar-refractivity contribution >= 4 is 34.1 Å². The lowest BCUT2D eigenvalue weighted by atomic mass is 9.99. The van der Waals surface area contributed by atoms with Crippen LogP contribution in [0.4, 0.5) is 5.69 Å². The Morgan fingerprint density at radius 3 is 2.63 bits per heavy atom. The smallest absolute Gasteiger partial charge is 0.272 e. The van der Waals surface area contributed by atoms with Gasteiger partial charge in [-0.3, -0.25) is 9.69 Å². The van der Waals surface area contributed by atoms with Gasteiger partial charge in [-0.25, -0.2) is 0 Å². The molecule has 1 fully saturated rings. The highest BCUT2D eigenvalue weighted by Crippen LogP contribution is 2.24. The number of aromatic nitrogens is 1. The number of halogens is 1. The summed E-state index contributed by atoms with van der Waals surface area (Å²) in [4.78, 5) is 18.1. The van der Waals surface area contributed by atoms with Crippen molar-refractivity contribution in [3.05, 3.63) is 64.8 Å². The third-order valence-electron chi connectivity index (χ3n) is 5.34. The van der Waals surface area contributed by atoms with Gasteiger partial charge in [0.2, 0.25) is 0 Å². The molecule has 0 aliphatic carbocycles. The largest absolute Gasteiger partial charge is 0.349 e. The Balaban J connectivity index is 1.40. The zero-order valence-electron chi connectivity index (χ0n) is 15.5. The average Bonchev–Trinajstić information content (AvgIpc) is 3.11. The van der Waals surface area contributed by atoms with Crippen LogP contribution in [-0.2, 0) is 6.54 Å². The lowest BCUT2D eigenvalue weighted by molar-refractivity contribution is 0.102. The number of piperidine rings is 1. The molecule has 0 unspecified atom stereocenters. The van der Waals surface area contributed by atoms with E-state index in [2.05, 4.69) is 34.3 Å². The van der Waals surface area contributed by atoms with E-state index in [4.69, 9.17) is 11.6 Å². The average molecular weight is 382 g/mol. The molecule has 1 aliphatic heterocycles. The number of nitrogens with one attached hydrogen (secondary N) is 2. The molecule has 2 aromatic carbocycles. The maximum Gasteiger partial charge on any atom is 0.272 e. The van der Waals surface area contributed by atoms with Gasteiger partial charge in [-0.05, 0) is 61.7 Å². The lowest BCUT2D eigenvalue weighted by Gasteiger charge is -2.30. The van der Waals surface area contributed by atoms with Crippen LogP contribution in [0.3, 0.4) is 0 Å². The molecule has 4 nitrogen and oxygen atoms in total. The predicted octanol–water partition coefficient (Wildman–Crippen LogP) is 5.31. The third-order valence-corrected chi connectivity index (χ3v) is 5.66. The van der Waals surface area contributed by atoms with Gasteiger partial charge in [0.05, 0.1) is 10.5 Å². The molecule has 0 bridgehead atoms. The number of nitrogens with zero attached hydrogens (tertiary/aromatic N) is 1. The van der Waals surface area contributed by atoms with Gasteiger partial charge < -0.3 is 10.3 Å². The quantitative estimate of drug-likeness (QED) is 0.643. The topological polar surface area (TPSA) is 48.1 Å². The van der Waals surface area contributed by atoms with E-state index in [-0.39, 0.29) is 5.91 Å². The monoisotopic (exact) mass is 381 g/mol. The first-order valence-electron chi connectivity index (χ1n) is 9.48. The second-order valence-electron chi connectivity index (χ2n) is 7.50. The molecule has 27 heavy (non-hydrogen) atoms. The number of carbonyl (C=O) groups is 1. The summed E-state index contributed by atoms with van der Waals surface area (Å²) in [6, 6.07) is 15.6. The SMILES string of the molecule is CC1CCN(Cc2ccc(NC(=O)c3cc4cccc(Cl)c4[nH]3)cc2)CC1. The van der Waals surface area contributed by atoms with E-state index in [1.807, 2.05) is 36.4 Å². The molecule has 1 saturated heterocycles. The summed E-state index contributed by atoms with van der Waals surface area (Å²) in [6.45, 7) is 5.64. The van der Waals surface area contributed by atoms with Gasteiger partial charge in [0.1, 0.15) is 5.69 Å². The van der Waals surface area contributed by atoms with Crippen molar-refractivity contribution in [2.45, 2.75) is 26.3 Å². The van der Waals surface area contributed by atoms with Crippen LogP contribution in [0.5, 0.6) is 0 Å². The van der Waals surface area contributed by atoms with Crippen LogP contribution in [0.1, 0.15) is 35.8 Å². The van der Waals surface area contributed by atoms with Gasteiger partial charge >= 0.3 is 0 Å². The van der Waals surface area contributed by atoms with E-state index >= 15 is 0 Å². The highest BCUT2D eigenvalue weighted by atomic mass is 35.5. The third kappa shape index (κ3) is 4.18. The number of aromatic amines is 1. The summed E-state index contributed by atoms with van der Waals surface area (Å²) in [6.07, 6.45) is 2.56. The van der Waals surface area contributed by atoms with Crippen molar-refractivity contribution in [3.63, 3.8) is 0 Å². The number of amides is 1. The minimum atomic E-state index is -0.167. The van der Waals surface area contributed by atoms with Crippen LogP contribution < -0.4 is 5.32 Å². The standard InChI is InChI=1S/C22H24ClN3O/c1-15-9-11-26(12-10-15)14-16-5-7-18(8-6-16)24-22(27)20-13-17-3-2-4-19(23)21(17)25-20/h2-8,13,15,25H,9-12,14H2,1H3,(H,24,27). The van der Waals surface area contributed by atoms with Crippen LogP contribution in [-0.4, -0.2) is 28.9 Å². The summed E-state index contributed by atoms with van der Waals surface area (Å²) in [7, 11) is 0. The fraction of sp³-hybridized carbons (Fsp3) is 0.318. The molecule has 1 aliphatic rings. The second-order valence-corrected chi connectivity index (χ2v) is 7.90. The Morgan fingerprint density at radius 1 is 1.19 bits per heavy atom. The fourth-order valence-electron chi connectivity index (χ4n) is 3.61. The first-order valence-corrected chi connectivity index (χ1v) is 9.86. The summed E-state index contributed by atoms with van der Waals surface area (Å²) in [5.41, 5.74) is 3.36. The number of hydrogen-bond donors (Lipinski definition) is 2. The summed E-state index contributed by atoms with van der Waals surface area (Å²) in [5, 5.41) is 4.49. The molecule has 1 amide bonds. The minimum absolute atomic E-state index is 0.167. The van der Waals surface area contributed by atoms with Gasteiger partial charge in [0.25, 0.3) is 5.91 Å². The number of hydrogen-bond acceptors (Lipinski definition) is 2. The molecule has 0 radical (unpaired) electrons. The van der Waals surface area contributed by atoms with E-state index < -0.39 is 0 Å². The molecular weight excluding hydrogens is 358 g/mol. The van der Waals surface area contributed by atoms with Crippen molar-refractivity contribution in [1.82, 2.24) is 9.88 Å². The first-order chi connectivity index (χ1) is 13.1. The van der Waals surface area contributed by atoms with Crippen molar-refractivity contribution in [3.8, 4) is 0 Å². The molecule has 4 rings (SSSR count). The number of anilines is 1. The van der Waals surface area contributed by atoms with E-state index in [1.165, 1.54) is 31.5 Å². The Hall–Kier alpha value is -2.30. The maximum atomic E-state index is 12.5. The van der Waals surface area contributed by atoms with Crippen LogP contribution in [0.2, 0.25) is 5.02 Å². The van der Waals surface area contributed by atoms with Crippen molar-refractivity contribution < 1.29 is 4.79 Å². The fourth-order valence-corrected chi connectivity index (χ4v) is 3.84. The van der Waals surface area contributed by atoms with Gasteiger partial charge in [-0.2, -0.15) is 0 Å². The molecule has 140 valence electrons. The molecule has 2 N–H and O–H groups in total. The molecule has 2 heterocycles. The van der Waals surface area contributed by atoms with Crippen LogP contribution in [0, 0.1) is 5.92 Å². The number of para-hydroxylation sites is 1. The molecule has 0 atom stereocenters. The molecule has 3 aromatic rings. The van der Waals surface area contributed by atoms with E-state index in [0.29, 0.717) is 10.7 Å². The van der Waals surface area contributed by atoms with Gasteiger partial charge in [-0.15, -0.1) is 0 Å². The Morgan fingerprint density at radius 2 is 1.93 bits per heavy atom. The van der Waals surface area contributed by atoms with Crippen LogP contribution in [0.25, 0.3) is 10.9 Å². The van der Waals surface area contributed by atoms with Crippen molar-refractivity contribution in [2.75, 3.05) is 18.4 Å². The zero-order valence-corrected chi connectivity index (χ0v) is 16.2. The first kappa shape index (κ1) is 18.1. The highest BCUT2D eigenvalue weighted by Gasteiger charge is 2.16. The number of benzene rings is 2. The van der Waals surface area contributed by atoms with Crippen molar-refractivity contribution in [1.29, 1.82) is 0 Å². The van der Waals surface area contributed by atoms with E-state index in [0.717, 1.165) is 29.1 Å². The van der Waals surface area contributed by atoms with Gasteiger partial charge in [-0.1, -0.05) is 42.8 Å². The van der Waals surface area contributed by atoms with E-state index in [9.17, 15) is 4.79 Å².